The lowest BCUT2D eigenvalue weighted by molar-refractivity contribution is -0.143. The molecule has 132 valence electrons. The van der Waals surface area contributed by atoms with Crippen LogP contribution >= 0.6 is 35.0 Å². The van der Waals surface area contributed by atoms with Crippen LogP contribution < -0.4 is 0 Å². The maximum atomic E-state index is 13.4. The number of fused-ring (bicyclic) bond motifs is 2. The Morgan fingerprint density at radius 1 is 0.885 bits per heavy atom. The Morgan fingerprint density at radius 2 is 1.54 bits per heavy atom. The molecule has 2 aromatic carbocycles. The van der Waals surface area contributed by atoms with Crippen LogP contribution in [0.25, 0.3) is 22.1 Å². The quantitative estimate of drug-likeness (QED) is 0.387. The summed E-state index contributed by atoms with van der Waals surface area (Å²) < 4.78 is 45.8. The van der Waals surface area contributed by atoms with Gasteiger partial charge in [0, 0.05) is 0 Å². The fraction of sp³-hybridized carbons (Fsp3) is 0.0625. The van der Waals surface area contributed by atoms with Crippen molar-refractivity contribution >= 4 is 57.1 Å². The van der Waals surface area contributed by atoms with E-state index in [9.17, 15) is 13.2 Å². The molecule has 0 bridgehead atoms. The van der Waals surface area contributed by atoms with Gasteiger partial charge in [0.2, 0.25) is 0 Å². The second kappa shape index (κ2) is 6.29. The number of oxazole rings is 1. The Morgan fingerprint density at radius 3 is 2.19 bits per heavy atom. The Labute approximate surface area is 158 Å². The highest BCUT2D eigenvalue weighted by atomic mass is 35.5. The Hall–Kier alpha value is -2.03. The summed E-state index contributed by atoms with van der Waals surface area (Å²) in [5.74, 6) is 0. The first-order chi connectivity index (χ1) is 12.3. The van der Waals surface area contributed by atoms with Crippen LogP contribution in [0.3, 0.4) is 0 Å². The Bertz CT molecular complexity index is 1110. The molecule has 0 aliphatic heterocycles. The molecule has 0 atom stereocenters. The summed E-state index contributed by atoms with van der Waals surface area (Å²) in [6.45, 7) is 0. The molecule has 10 heteroatoms. The highest BCUT2D eigenvalue weighted by molar-refractivity contribution is 7.99. The van der Waals surface area contributed by atoms with Gasteiger partial charge in [-0.25, -0.2) is 15.0 Å². The Kier molecular flexibility index (Phi) is 4.21. The number of hydrogen-bond donors (Lipinski definition) is 0. The first-order valence-corrected chi connectivity index (χ1v) is 8.66. The van der Waals surface area contributed by atoms with E-state index in [-0.39, 0.29) is 31.3 Å². The van der Waals surface area contributed by atoms with E-state index in [1.165, 1.54) is 12.1 Å². The van der Waals surface area contributed by atoms with Crippen molar-refractivity contribution in [1.82, 2.24) is 15.0 Å². The maximum absolute atomic E-state index is 13.4. The van der Waals surface area contributed by atoms with Gasteiger partial charge in [0.05, 0.1) is 21.1 Å². The van der Waals surface area contributed by atoms with E-state index in [2.05, 4.69) is 15.0 Å². The van der Waals surface area contributed by atoms with Gasteiger partial charge in [0.15, 0.2) is 11.3 Å². The average Bonchev–Trinajstić information content (AvgIpc) is 2.97. The van der Waals surface area contributed by atoms with E-state index in [0.717, 1.165) is 0 Å². The lowest BCUT2D eigenvalue weighted by atomic mass is 10.3. The third-order valence-corrected chi connectivity index (χ3v) is 4.95. The number of rotatable bonds is 2. The molecule has 26 heavy (non-hydrogen) atoms. The zero-order valence-corrected chi connectivity index (χ0v) is 14.8. The van der Waals surface area contributed by atoms with E-state index in [0.29, 0.717) is 22.9 Å². The van der Waals surface area contributed by atoms with E-state index in [1.807, 2.05) is 0 Å². The number of aromatic nitrogens is 3. The van der Waals surface area contributed by atoms with Gasteiger partial charge >= 0.3 is 6.18 Å². The highest BCUT2D eigenvalue weighted by Gasteiger charge is 2.37. The summed E-state index contributed by atoms with van der Waals surface area (Å²) in [5, 5.41) is -0.0765. The topological polar surface area (TPSA) is 51.8 Å². The molecule has 0 N–H and O–H groups in total. The lowest BCUT2D eigenvalue weighted by Crippen LogP contribution is -2.11. The summed E-state index contributed by atoms with van der Waals surface area (Å²) >= 11 is 12.4. The average molecular weight is 416 g/mol. The first-order valence-electron chi connectivity index (χ1n) is 7.09. The molecule has 0 spiro atoms. The normalized spacial score (nSPS) is 12.2. The zero-order chi connectivity index (χ0) is 18.5. The molecule has 0 saturated heterocycles. The summed E-state index contributed by atoms with van der Waals surface area (Å²) in [7, 11) is 0. The molecule has 0 aliphatic carbocycles. The van der Waals surface area contributed by atoms with Crippen LogP contribution in [0.1, 0.15) is 5.69 Å². The monoisotopic (exact) mass is 415 g/mol. The minimum Gasteiger partial charge on any atom is -0.431 e. The second-order valence-electron chi connectivity index (χ2n) is 5.18. The van der Waals surface area contributed by atoms with Crippen LogP contribution in [0, 0.1) is 0 Å². The van der Waals surface area contributed by atoms with Crippen molar-refractivity contribution in [3.05, 3.63) is 52.1 Å². The largest absolute Gasteiger partial charge is 0.436 e. The number of benzene rings is 2. The maximum Gasteiger partial charge on any atom is 0.436 e. The fourth-order valence-corrected chi connectivity index (χ4v) is 3.43. The van der Waals surface area contributed by atoms with Crippen molar-refractivity contribution < 1.29 is 17.6 Å². The molecule has 0 unspecified atom stereocenters. The Balaban J connectivity index is 1.87. The number of para-hydroxylation sites is 2. The summed E-state index contributed by atoms with van der Waals surface area (Å²) in [6, 6.07) is 9.47. The van der Waals surface area contributed by atoms with Crippen molar-refractivity contribution in [3.63, 3.8) is 0 Å². The van der Waals surface area contributed by atoms with E-state index >= 15 is 0 Å². The van der Waals surface area contributed by atoms with Gasteiger partial charge in [0.1, 0.15) is 10.5 Å². The van der Waals surface area contributed by atoms with E-state index < -0.39 is 11.9 Å². The van der Waals surface area contributed by atoms with Crippen LogP contribution in [0.15, 0.2) is 51.1 Å². The molecule has 0 saturated carbocycles. The molecule has 0 amide bonds. The van der Waals surface area contributed by atoms with Gasteiger partial charge in [-0.3, -0.25) is 0 Å². The lowest BCUT2D eigenvalue weighted by Gasteiger charge is -2.11. The van der Waals surface area contributed by atoms with Crippen LogP contribution in [-0.2, 0) is 6.18 Å². The van der Waals surface area contributed by atoms with Crippen molar-refractivity contribution in [2.75, 3.05) is 0 Å². The molecule has 4 nitrogen and oxygen atoms in total. The third kappa shape index (κ3) is 3.20. The zero-order valence-electron chi connectivity index (χ0n) is 12.5. The predicted octanol–water partition coefficient (Wildman–Crippen LogP) is 6.25. The smallest absolute Gasteiger partial charge is 0.431 e. The molecule has 4 aromatic rings. The van der Waals surface area contributed by atoms with Crippen molar-refractivity contribution in [3.8, 4) is 0 Å². The number of hydrogen-bond acceptors (Lipinski definition) is 5. The molecule has 4 rings (SSSR count). The molecule has 0 fully saturated rings. The molecule has 0 aliphatic rings. The van der Waals surface area contributed by atoms with Crippen LogP contribution in [0.5, 0.6) is 0 Å². The van der Waals surface area contributed by atoms with Gasteiger partial charge in [-0.05, 0) is 36.0 Å². The minimum absolute atomic E-state index is 0.00589. The third-order valence-electron chi connectivity index (χ3n) is 3.40. The number of halogens is 5. The second-order valence-corrected chi connectivity index (χ2v) is 6.93. The SMILES string of the molecule is FC(F)(F)c1nc2cc(Cl)c(Cl)cc2nc1Sc1nc2ccccc2o1. The van der Waals surface area contributed by atoms with Crippen LogP contribution in [0.4, 0.5) is 13.2 Å². The summed E-state index contributed by atoms with van der Waals surface area (Å²) in [5.41, 5.74) is 0.0366. The van der Waals surface area contributed by atoms with Gasteiger partial charge in [-0.2, -0.15) is 13.2 Å². The standard InChI is InChI=1S/C16H6Cl2F3N3OS/c17-7-5-10-11(6-8(7)18)23-14(13(22-10)16(19,20)21)26-15-24-9-3-1-2-4-12(9)25-15/h1-6H. The minimum atomic E-state index is -4.71. The predicted molar refractivity (Wildman–Crippen MR) is 92.7 cm³/mol. The van der Waals surface area contributed by atoms with Gasteiger partial charge in [0.25, 0.3) is 5.22 Å². The molecule has 2 aromatic heterocycles. The fourth-order valence-electron chi connectivity index (χ4n) is 2.27. The number of alkyl halides is 3. The molecular formula is C16H6Cl2F3N3OS. The van der Waals surface area contributed by atoms with E-state index in [4.69, 9.17) is 27.6 Å². The number of nitrogens with zero attached hydrogens (tertiary/aromatic N) is 3. The first kappa shape index (κ1) is 17.4. The molecule has 0 radical (unpaired) electrons. The van der Waals surface area contributed by atoms with Gasteiger partial charge < -0.3 is 4.42 Å². The van der Waals surface area contributed by atoms with Crippen molar-refractivity contribution in [2.45, 2.75) is 16.4 Å². The van der Waals surface area contributed by atoms with Crippen molar-refractivity contribution in [1.29, 1.82) is 0 Å². The molecule has 2 heterocycles. The highest BCUT2D eigenvalue weighted by Crippen LogP contribution is 2.39. The van der Waals surface area contributed by atoms with Crippen LogP contribution in [0.2, 0.25) is 10.0 Å². The van der Waals surface area contributed by atoms with Gasteiger partial charge in [-0.15, -0.1) is 0 Å². The van der Waals surface area contributed by atoms with Crippen LogP contribution in [-0.4, -0.2) is 15.0 Å². The summed E-state index contributed by atoms with van der Waals surface area (Å²) in [4.78, 5) is 11.9. The molecular weight excluding hydrogens is 410 g/mol. The van der Waals surface area contributed by atoms with E-state index in [1.54, 1.807) is 24.3 Å². The summed E-state index contributed by atoms with van der Waals surface area (Å²) in [6.07, 6.45) is -4.71. The van der Waals surface area contributed by atoms with Gasteiger partial charge in [-0.1, -0.05) is 35.3 Å². The van der Waals surface area contributed by atoms with Crippen molar-refractivity contribution in [2.24, 2.45) is 0 Å².